The number of carbonyl (C=O) groups excluding carboxylic acids is 2. The third kappa shape index (κ3) is 4.66. The van der Waals surface area contributed by atoms with Crippen molar-refractivity contribution in [1.82, 2.24) is 9.97 Å². The van der Waals surface area contributed by atoms with Gasteiger partial charge in [-0.15, -0.1) is 0 Å². The SMILES string of the molecule is COC(=O)CC1CCC(c2ccc(N3CC(C)Oc4ncnc(Cl)c4C3=O)cc2)CC1. The number of carbonyl (C=O) groups is 2. The normalized spacial score (nSPS) is 23.5. The summed E-state index contributed by atoms with van der Waals surface area (Å²) in [6.45, 7) is 2.29. The molecule has 7 nitrogen and oxygen atoms in total. The largest absolute Gasteiger partial charge is 0.472 e. The molecule has 8 heteroatoms. The molecule has 2 heterocycles. The smallest absolute Gasteiger partial charge is 0.305 e. The summed E-state index contributed by atoms with van der Waals surface area (Å²) in [7, 11) is 1.44. The standard InChI is InChI=1S/C23H26ClN3O4/c1-14-12-27(23(29)20-21(24)25-13-26-22(20)31-14)18-9-7-17(8-10-18)16-5-3-15(4-6-16)11-19(28)30-2/h7-10,13-16H,3-6,11-12H2,1-2H3. The van der Waals surface area contributed by atoms with Crippen LogP contribution in [0.5, 0.6) is 5.88 Å². The highest BCUT2D eigenvalue weighted by molar-refractivity contribution is 6.33. The number of benzene rings is 1. The lowest BCUT2D eigenvalue weighted by molar-refractivity contribution is -0.142. The molecule has 1 aromatic heterocycles. The molecule has 0 saturated heterocycles. The fourth-order valence-corrected chi connectivity index (χ4v) is 4.69. The lowest BCUT2D eigenvalue weighted by atomic mass is 9.77. The van der Waals surface area contributed by atoms with E-state index in [1.54, 1.807) is 4.90 Å². The van der Waals surface area contributed by atoms with Gasteiger partial charge in [0.1, 0.15) is 23.1 Å². The molecule has 1 atom stereocenters. The van der Waals surface area contributed by atoms with Gasteiger partial charge >= 0.3 is 5.97 Å². The van der Waals surface area contributed by atoms with E-state index in [4.69, 9.17) is 21.1 Å². The summed E-state index contributed by atoms with van der Waals surface area (Å²) in [6.07, 6.45) is 5.72. The summed E-state index contributed by atoms with van der Waals surface area (Å²) in [5, 5.41) is 0.0921. The Labute approximate surface area is 186 Å². The van der Waals surface area contributed by atoms with Crippen molar-refractivity contribution < 1.29 is 19.1 Å². The van der Waals surface area contributed by atoms with Gasteiger partial charge in [0.25, 0.3) is 5.91 Å². The van der Waals surface area contributed by atoms with Gasteiger partial charge in [-0.2, -0.15) is 0 Å². The Morgan fingerprint density at radius 3 is 2.58 bits per heavy atom. The lowest BCUT2D eigenvalue weighted by Gasteiger charge is -2.29. The minimum absolute atomic E-state index is 0.0921. The highest BCUT2D eigenvalue weighted by atomic mass is 35.5. The molecule has 1 fully saturated rings. The zero-order chi connectivity index (χ0) is 22.0. The Hall–Kier alpha value is -2.67. The van der Waals surface area contributed by atoms with Gasteiger partial charge < -0.3 is 14.4 Å². The summed E-state index contributed by atoms with van der Waals surface area (Å²) in [6, 6.07) is 8.13. The van der Waals surface area contributed by atoms with Crippen molar-refractivity contribution in [3.8, 4) is 5.88 Å². The molecule has 4 rings (SSSR count). The second kappa shape index (κ2) is 9.22. The van der Waals surface area contributed by atoms with E-state index in [2.05, 4.69) is 22.1 Å². The van der Waals surface area contributed by atoms with Crippen LogP contribution in [0.3, 0.4) is 0 Å². The van der Waals surface area contributed by atoms with E-state index in [1.165, 1.54) is 19.0 Å². The van der Waals surface area contributed by atoms with Crippen LogP contribution in [0.2, 0.25) is 5.15 Å². The van der Waals surface area contributed by atoms with Crippen LogP contribution in [-0.2, 0) is 9.53 Å². The second-order valence-electron chi connectivity index (χ2n) is 8.28. The van der Waals surface area contributed by atoms with Crippen LogP contribution in [0, 0.1) is 5.92 Å². The van der Waals surface area contributed by atoms with Crippen molar-refractivity contribution >= 4 is 29.2 Å². The average Bonchev–Trinajstić information content (AvgIpc) is 2.90. The molecule has 0 bridgehead atoms. The van der Waals surface area contributed by atoms with E-state index >= 15 is 0 Å². The predicted octanol–water partition coefficient (Wildman–Crippen LogP) is 4.39. The number of amides is 1. The number of aromatic nitrogens is 2. The van der Waals surface area contributed by atoms with Gasteiger partial charge in [-0.3, -0.25) is 9.59 Å². The summed E-state index contributed by atoms with van der Waals surface area (Å²) in [4.78, 5) is 34.4. The van der Waals surface area contributed by atoms with Gasteiger partial charge in [0, 0.05) is 12.1 Å². The summed E-state index contributed by atoms with van der Waals surface area (Å²) >= 11 is 6.18. The van der Waals surface area contributed by atoms with Crippen LogP contribution in [0.25, 0.3) is 0 Å². The summed E-state index contributed by atoms with van der Waals surface area (Å²) in [5.74, 6) is 0.710. The van der Waals surface area contributed by atoms with Crippen molar-refractivity contribution in [2.45, 2.75) is 51.0 Å². The van der Waals surface area contributed by atoms with Crippen molar-refractivity contribution in [1.29, 1.82) is 0 Å². The number of halogens is 1. The van der Waals surface area contributed by atoms with E-state index in [0.29, 0.717) is 24.8 Å². The average molecular weight is 444 g/mol. The summed E-state index contributed by atoms with van der Waals surface area (Å²) in [5.41, 5.74) is 2.24. The molecular weight excluding hydrogens is 418 g/mol. The topological polar surface area (TPSA) is 81.6 Å². The highest BCUT2D eigenvalue weighted by Gasteiger charge is 2.32. The van der Waals surface area contributed by atoms with Crippen LogP contribution in [0.1, 0.15) is 60.9 Å². The first-order valence-electron chi connectivity index (χ1n) is 10.6. The first-order valence-corrected chi connectivity index (χ1v) is 11.0. The number of esters is 1. The van der Waals surface area contributed by atoms with E-state index in [9.17, 15) is 9.59 Å². The highest BCUT2D eigenvalue weighted by Crippen LogP contribution is 2.38. The molecule has 1 aromatic carbocycles. The van der Waals surface area contributed by atoms with Gasteiger partial charge in [-0.1, -0.05) is 23.7 Å². The van der Waals surface area contributed by atoms with Gasteiger partial charge in [0.15, 0.2) is 0 Å². The van der Waals surface area contributed by atoms with E-state index in [-0.39, 0.29) is 34.6 Å². The first kappa shape index (κ1) is 21.6. The molecule has 1 unspecified atom stereocenters. The number of hydrogen-bond donors (Lipinski definition) is 0. The minimum Gasteiger partial charge on any atom is -0.472 e. The molecule has 31 heavy (non-hydrogen) atoms. The number of rotatable bonds is 4. The molecule has 0 N–H and O–H groups in total. The maximum atomic E-state index is 13.2. The second-order valence-corrected chi connectivity index (χ2v) is 8.64. The molecule has 0 radical (unpaired) electrons. The molecule has 0 spiro atoms. The Morgan fingerprint density at radius 2 is 1.90 bits per heavy atom. The van der Waals surface area contributed by atoms with Crippen molar-refractivity contribution in [3.63, 3.8) is 0 Å². The predicted molar refractivity (Wildman–Crippen MR) is 117 cm³/mol. The quantitative estimate of drug-likeness (QED) is 0.514. The molecule has 2 aliphatic rings. The van der Waals surface area contributed by atoms with Crippen molar-refractivity contribution in [2.24, 2.45) is 5.92 Å². The van der Waals surface area contributed by atoms with Crippen LogP contribution in [-0.4, -0.2) is 41.6 Å². The number of hydrogen-bond acceptors (Lipinski definition) is 6. The minimum atomic E-state index is -0.263. The maximum absolute atomic E-state index is 13.2. The van der Waals surface area contributed by atoms with E-state index in [1.807, 2.05) is 19.1 Å². The van der Waals surface area contributed by atoms with E-state index in [0.717, 1.165) is 31.4 Å². The van der Waals surface area contributed by atoms with Gasteiger partial charge in [-0.25, -0.2) is 9.97 Å². The zero-order valence-corrected chi connectivity index (χ0v) is 18.5. The Kier molecular flexibility index (Phi) is 6.41. The zero-order valence-electron chi connectivity index (χ0n) is 17.7. The van der Waals surface area contributed by atoms with Crippen LogP contribution in [0.4, 0.5) is 5.69 Å². The molecule has 1 aliphatic heterocycles. The maximum Gasteiger partial charge on any atom is 0.305 e. The number of fused-ring (bicyclic) bond motifs is 1. The molecule has 1 amide bonds. The Morgan fingerprint density at radius 1 is 1.19 bits per heavy atom. The first-order chi connectivity index (χ1) is 15.0. The van der Waals surface area contributed by atoms with Crippen LogP contribution in [0.15, 0.2) is 30.6 Å². The molecule has 2 aromatic rings. The Balaban J connectivity index is 1.48. The molecule has 1 aliphatic carbocycles. The summed E-state index contributed by atoms with van der Waals surface area (Å²) < 4.78 is 10.6. The van der Waals surface area contributed by atoms with Crippen molar-refractivity contribution in [2.75, 3.05) is 18.6 Å². The monoisotopic (exact) mass is 443 g/mol. The third-order valence-electron chi connectivity index (χ3n) is 6.18. The number of ether oxygens (including phenoxy) is 2. The molecule has 164 valence electrons. The lowest BCUT2D eigenvalue weighted by Crippen LogP contribution is -2.36. The van der Waals surface area contributed by atoms with E-state index < -0.39 is 0 Å². The van der Waals surface area contributed by atoms with Crippen LogP contribution < -0.4 is 9.64 Å². The van der Waals surface area contributed by atoms with Crippen molar-refractivity contribution in [3.05, 3.63) is 46.9 Å². The fourth-order valence-electron chi connectivity index (χ4n) is 4.49. The third-order valence-corrected chi connectivity index (χ3v) is 6.47. The number of nitrogens with zero attached hydrogens (tertiary/aromatic N) is 3. The molecule has 1 saturated carbocycles. The van der Waals surface area contributed by atoms with Gasteiger partial charge in [0.05, 0.1) is 13.7 Å². The van der Waals surface area contributed by atoms with Crippen LogP contribution >= 0.6 is 11.6 Å². The molecular formula is C23H26ClN3O4. The Bertz CT molecular complexity index is 958. The van der Waals surface area contributed by atoms with Gasteiger partial charge in [-0.05, 0) is 62.1 Å². The number of methoxy groups -OCH3 is 1. The number of anilines is 1. The van der Waals surface area contributed by atoms with Gasteiger partial charge in [0.2, 0.25) is 5.88 Å². The fraction of sp³-hybridized carbons (Fsp3) is 0.478.